The number of aromatic amines is 1. The standard InChI is InChI=1S/C14H12N2O2/c1-16(14(17)18)12-8-4-6-10-9-5-2-3-7-11(9)15-13(10)12/h2-8,15H,1H3,(H,17,18). The molecule has 0 radical (unpaired) electrons. The lowest BCUT2D eigenvalue weighted by molar-refractivity contribution is 0.203. The molecule has 3 aromatic rings. The number of nitrogens with zero attached hydrogens (tertiary/aromatic N) is 1. The number of carboxylic acid groups (broad SMARTS) is 1. The van der Waals surface area contributed by atoms with Crippen LogP contribution in [0.2, 0.25) is 0 Å². The second-order valence-corrected chi connectivity index (χ2v) is 4.21. The molecular formula is C14H12N2O2. The van der Waals surface area contributed by atoms with Crippen LogP contribution >= 0.6 is 0 Å². The summed E-state index contributed by atoms with van der Waals surface area (Å²) in [6.45, 7) is 0. The van der Waals surface area contributed by atoms with Crippen molar-refractivity contribution in [3.05, 3.63) is 42.5 Å². The maximum absolute atomic E-state index is 11.1. The zero-order chi connectivity index (χ0) is 12.7. The van der Waals surface area contributed by atoms with Gasteiger partial charge < -0.3 is 10.1 Å². The highest BCUT2D eigenvalue weighted by Gasteiger charge is 2.14. The molecule has 0 unspecified atom stereocenters. The Morgan fingerprint density at radius 3 is 2.61 bits per heavy atom. The first-order valence-electron chi connectivity index (χ1n) is 5.64. The maximum atomic E-state index is 11.1. The molecule has 90 valence electrons. The van der Waals surface area contributed by atoms with E-state index < -0.39 is 6.09 Å². The largest absolute Gasteiger partial charge is 0.465 e. The number of hydrogen-bond acceptors (Lipinski definition) is 1. The highest BCUT2D eigenvalue weighted by Crippen LogP contribution is 2.31. The second-order valence-electron chi connectivity index (χ2n) is 4.21. The van der Waals surface area contributed by atoms with E-state index in [1.807, 2.05) is 36.4 Å². The van der Waals surface area contributed by atoms with Crippen LogP contribution in [-0.4, -0.2) is 23.2 Å². The maximum Gasteiger partial charge on any atom is 0.411 e. The van der Waals surface area contributed by atoms with Crippen LogP contribution in [0.15, 0.2) is 42.5 Å². The highest BCUT2D eigenvalue weighted by molar-refractivity contribution is 6.12. The van der Waals surface area contributed by atoms with Gasteiger partial charge in [-0.1, -0.05) is 30.3 Å². The van der Waals surface area contributed by atoms with Gasteiger partial charge in [-0.2, -0.15) is 0 Å². The van der Waals surface area contributed by atoms with Gasteiger partial charge in [0.25, 0.3) is 0 Å². The number of aromatic nitrogens is 1. The molecule has 0 saturated heterocycles. The molecule has 18 heavy (non-hydrogen) atoms. The molecule has 1 aromatic heterocycles. The molecule has 0 atom stereocenters. The molecule has 4 heteroatoms. The van der Waals surface area contributed by atoms with Gasteiger partial charge in [-0.15, -0.1) is 0 Å². The molecule has 1 heterocycles. The van der Waals surface area contributed by atoms with E-state index >= 15 is 0 Å². The molecular weight excluding hydrogens is 228 g/mol. The van der Waals surface area contributed by atoms with Gasteiger partial charge in [0.2, 0.25) is 0 Å². The van der Waals surface area contributed by atoms with Crippen molar-refractivity contribution < 1.29 is 9.90 Å². The first-order chi connectivity index (χ1) is 8.68. The number of benzene rings is 2. The second kappa shape index (κ2) is 3.77. The van der Waals surface area contributed by atoms with Gasteiger partial charge >= 0.3 is 6.09 Å². The van der Waals surface area contributed by atoms with Crippen LogP contribution < -0.4 is 4.90 Å². The molecule has 0 aliphatic heterocycles. The Balaban J connectivity index is 2.37. The van der Waals surface area contributed by atoms with Crippen LogP contribution in [0.25, 0.3) is 21.8 Å². The first kappa shape index (κ1) is 10.7. The highest BCUT2D eigenvalue weighted by atomic mass is 16.4. The quantitative estimate of drug-likeness (QED) is 0.684. The summed E-state index contributed by atoms with van der Waals surface area (Å²) in [5.74, 6) is 0. The van der Waals surface area contributed by atoms with E-state index in [9.17, 15) is 4.79 Å². The Bertz CT molecular complexity index is 746. The summed E-state index contributed by atoms with van der Waals surface area (Å²) in [6, 6.07) is 13.6. The number of fused-ring (bicyclic) bond motifs is 3. The molecule has 0 spiro atoms. The monoisotopic (exact) mass is 240 g/mol. The average molecular weight is 240 g/mol. The van der Waals surface area contributed by atoms with Crippen LogP contribution in [-0.2, 0) is 0 Å². The van der Waals surface area contributed by atoms with Gasteiger partial charge in [-0.25, -0.2) is 4.79 Å². The van der Waals surface area contributed by atoms with Gasteiger partial charge in [0.15, 0.2) is 0 Å². The molecule has 3 rings (SSSR count). The van der Waals surface area contributed by atoms with E-state index in [-0.39, 0.29) is 0 Å². The summed E-state index contributed by atoms with van der Waals surface area (Å²) in [5, 5.41) is 11.2. The first-order valence-corrected chi connectivity index (χ1v) is 5.64. The predicted molar refractivity (Wildman–Crippen MR) is 72.2 cm³/mol. The Morgan fingerprint density at radius 2 is 1.83 bits per heavy atom. The van der Waals surface area contributed by atoms with Gasteiger partial charge in [-0.05, 0) is 12.1 Å². The lowest BCUT2D eigenvalue weighted by atomic mass is 10.1. The molecule has 0 fully saturated rings. The number of anilines is 1. The lowest BCUT2D eigenvalue weighted by Crippen LogP contribution is -2.23. The van der Waals surface area contributed by atoms with Gasteiger partial charge in [0.05, 0.1) is 11.2 Å². The molecule has 2 aromatic carbocycles. The molecule has 0 saturated carbocycles. The summed E-state index contributed by atoms with van der Waals surface area (Å²) >= 11 is 0. The van der Waals surface area contributed by atoms with Gasteiger partial charge in [-0.3, -0.25) is 4.90 Å². The van der Waals surface area contributed by atoms with Crippen molar-refractivity contribution >= 4 is 33.6 Å². The third-order valence-corrected chi connectivity index (χ3v) is 3.17. The molecule has 2 N–H and O–H groups in total. The number of para-hydroxylation sites is 2. The van der Waals surface area contributed by atoms with Crippen LogP contribution in [0.3, 0.4) is 0 Å². The fourth-order valence-electron chi connectivity index (χ4n) is 2.24. The minimum atomic E-state index is -0.971. The number of H-pyrrole nitrogens is 1. The van der Waals surface area contributed by atoms with Crippen molar-refractivity contribution in [1.29, 1.82) is 0 Å². The minimum absolute atomic E-state index is 0.663. The van der Waals surface area contributed by atoms with Gasteiger partial charge in [0, 0.05) is 23.3 Å². The van der Waals surface area contributed by atoms with Crippen LogP contribution in [0.4, 0.5) is 10.5 Å². The summed E-state index contributed by atoms with van der Waals surface area (Å²) in [4.78, 5) is 15.6. The molecule has 1 amide bonds. The van der Waals surface area contributed by atoms with E-state index in [1.165, 1.54) is 4.90 Å². The third kappa shape index (κ3) is 1.43. The van der Waals surface area contributed by atoms with Crippen molar-refractivity contribution in [3.8, 4) is 0 Å². The average Bonchev–Trinajstić information content (AvgIpc) is 2.76. The van der Waals surface area contributed by atoms with Crippen LogP contribution in [0, 0.1) is 0 Å². The van der Waals surface area contributed by atoms with E-state index in [0.717, 1.165) is 21.8 Å². The Hall–Kier alpha value is -2.49. The molecule has 4 nitrogen and oxygen atoms in total. The van der Waals surface area contributed by atoms with Crippen LogP contribution in [0.5, 0.6) is 0 Å². The predicted octanol–water partition coefficient (Wildman–Crippen LogP) is 3.44. The normalized spacial score (nSPS) is 10.9. The van der Waals surface area contributed by atoms with Crippen molar-refractivity contribution in [2.45, 2.75) is 0 Å². The van der Waals surface area contributed by atoms with Crippen LogP contribution in [0.1, 0.15) is 0 Å². The van der Waals surface area contributed by atoms with E-state index in [4.69, 9.17) is 5.11 Å². The van der Waals surface area contributed by atoms with Crippen molar-refractivity contribution in [1.82, 2.24) is 4.98 Å². The SMILES string of the molecule is CN(C(=O)O)c1cccc2c1[nH]c1ccccc12. The summed E-state index contributed by atoms with van der Waals surface area (Å²) in [7, 11) is 1.54. The zero-order valence-electron chi connectivity index (χ0n) is 9.84. The zero-order valence-corrected chi connectivity index (χ0v) is 9.84. The van der Waals surface area contributed by atoms with Crippen molar-refractivity contribution in [3.63, 3.8) is 0 Å². The number of hydrogen-bond donors (Lipinski definition) is 2. The van der Waals surface area contributed by atoms with Crippen molar-refractivity contribution in [2.75, 3.05) is 11.9 Å². The molecule has 0 bridgehead atoms. The van der Waals surface area contributed by atoms with E-state index in [0.29, 0.717) is 5.69 Å². The number of rotatable bonds is 1. The summed E-state index contributed by atoms with van der Waals surface area (Å²) < 4.78 is 0. The van der Waals surface area contributed by atoms with E-state index in [2.05, 4.69) is 4.98 Å². The van der Waals surface area contributed by atoms with E-state index in [1.54, 1.807) is 13.1 Å². The number of amides is 1. The summed E-state index contributed by atoms with van der Waals surface area (Å²) in [6.07, 6.45) is -0.971. The number of nitrogens with one attached hydrogen (secondary N) is 1. The molecule has 0 aliphatic rings. The Morgan fingerprint density at radius 1 is 1.11 bits per heavy atom. The molecule has 0 aliphatic carbocycles. The topological polar surface area (TPSA) is 56.3 Å². The summed E-state index contributed by atoms with van der Waals surface area (Å²) in [5.41, 5.74) is 2.53. The Kier molecular flexibility index (Phi) is 2.23. The smallest absolute Gasteiger partial charge is 0.411 e. The fraction of sp³-hybridized carbons (Fsp3) is 0.0714. The lowest BCUT2D eigenvalue weighted by Gasteiger charge is -2.13. The third-order valence-electron chi connectivity index (χ3n) is 3.17. The van der Waals surface area contributed by atoms with Crippen molar-refractivity contribution in [2.24, 2.45) is 0 Å². The Labute approximate surface area is 103 Å². The fourth-order valence-corrected chi connectivity index (χ4v) is 2.24. The van der Waals surface area contributed by atoms with Gasteiger partial charge in [0.1, 0.15) is 0 Å². The minimum Gasteiger partial charge on any atom is -0.465 e. The number of carbonyl (C=O) groups is 1.